The molecule has 0 radical (unpaired) electrons. The van der Waals surface area contributed by atoms with Gasteiger partial charge in [0.1, 0.15) is 0 Å². The number of hydrogen-bond donors (Lipinski definition) is 0. The van der Waals surface area contributed by atoms with Crippen LogP contribution in [-0.4, -0.2) is 27.4 Å². The molecule has 23 heavy (non-hydrogen) atoms. The van der Waals surface area contributed by atoms with Crippen molar-refractivity contribution in [1.29, 1.82) is 0 Å². The van der Waals surface area contributed by atoms with Crippen molar-refractivity contribution >= 4 is 10.8 Å². The van der Waals surface area contributed by atoms with E-state index < -0.39 is 0 Å². The summed E-state index contributed by atoms with van der Waals surface area (Å²) in [4.78, 5) is 0. The highest BCUT2D eigenvalue weighted by molar-refractivity contribution is 5.93. The molecule has 2 aliphatic carbocycles. The van der Waals surface area contributed by atoms with Crippen molar-refractivity contribution in [1.82, 2.24) is 0 Å². The molecule has 1 unspecified atom stereocenters. The molecule has 122 valence electrons. The van der Waals surface area contributed by atoms with E-state index in [1.54, 1.807) is 0 Å². The summed E-state index contributed by atoms with van der Waals surface area (Å²) in [6.45, 7) is 1.46. The Bertz CT molecular complexity index is 689. The van der Waals surface area contributed by atoms with E-state index in [1.807, 2.05) is 14.2 Å². The van der Waals surface area contributed by atoms with Crippen LogP contribution in [0.4, 0.5) is 0 Å². The van der Waals surface area contributed by atoms with E-state index >= 15 is 0 Å². The molecule has 0 aromatic heterocycles. The molecule has 2 nitrogen and oxygen atoms in total. The quantitative estimate of drug-likeness (QED) is 0.800. The van der Waals surface area contributed by atoms with Gasteiger partial charge in [-0.2, -0.15) is 0 Å². The highest BCUT2D eigenvalue weighted by Crippen LogP contribution is 2.57. The van der Waals surface area contributed by atoms with Crippen molar-refractivity contribution in [2.24, 2.45) is 5.92 Å². The fraction of sp³-hybridized carbons (Fsp3) is 0.524. The molecule has 0 aliphatic heterocycles. The summed E-state index contributed by atoms with van der Waals surface area (Å²) >= 11 is 0. The molecule has 0 N–H and O–H groups in total. The van der Waals surface area contributed by atoms with Gasteiger partial charge in [0.2, 0.25) is 0 Å². The zero-order valence-electron chi connectivity index (χ0n) is 14.2. The van der Waals surface area contributed by atoms with Crippen molar-refractivity contribution in [2.75, 3.05) is 27.4 Å². The normalized spacial score (nSPS) is 23.0. The molecule has 1 fully saturated rings. The molecule has 0 spiro atoms. The van der Waals surface area contributed by atoms with E-state index in [4.69, 9.17) is 9.47 Å². The molecular weight excluding hydrogens is 284 g/mol. The molecule has 4 rings (SSSR count). The van der Waals surface area contributed by atoms with Crippen molar-refractivity contribution in [3.63, 3.8) is 0 Å². The van der Waals surface area contributed by atoms with Gasteiger partial charge in [0, 0.05) is 25.6 Å². The smallest absolute Gasteiger partial charge is 0.0587 e. The third-order valence-electron chi connectivity index (χ3n) is 6.08. The first-order valence-electron chi connectivity index (χ1n) is 8.82. The van der Waals surface area contributed by atoms with Crippen LogP contribution in [0.5, 0.6) is 0 Å². The first kappa shape index (κ1) is 15.2. The first-order valence-corrected chi connectivity index (χ1v) is 8.82. The largest absolute Gasteiger partial charge is 0.384 e. The summed E-state index contributed by atoms with van der Waals surface area (Å²) in [7, 11) is 3.65. The van der Waals surface area contributed by atoms with Gasteiger partial charge in [-0.1, -0.05) is 49.2 Å². The third-order valence-corrected chi connectivity index (χ3v) is 6.08. The lowest BCUT2D eigenvalue weighted by molar-refractivity contribution is 0.0352. The van der Waals surface area contributed by atoms with Gasteiger partial charge in [-0.25, -0.2) is 0 Å². The van der Waals surface area contributed by atoms with Gasteiger partial charge in [0.05, 0.1) is 13.2 Å². The van der Waals surface area contributed by atoms with Crippen LogP contribution < -0.4 is 0 Å². The Hall–Kier alpha value is -1.38. The fourth-order valence-electron chi connectivity index (χ4n) is 5.40. The number of benzene rings is 2. The maximum absolute atomic E-state index is 5.75. The number of hydrogen-bond acceptors (Lipinski definition) is 2. The van der Waals surface area contributed by atoms with Gasteiger partial charge >= 0.3 is 0 Å². The first-order chi connectivity index (χ1) is 11.3. The SMILES string of the molecule is COCC1(COC)c2cccc3cccc(c23)C1C1CCCC1. The lowest BCUT2D eigenvalue weighted by Gasteiger charge is -2.39. The Kier molecular flexibility index (Phi) is 3.90. The zero-order valence-corrected chi connectivity index (χ0v) is 14.2. The van der Waals surface area contributed by atoms with E-state index in [-0.39, 0.29) is 5.41 Å². The molecule has 2 aromatic rings. The predicted octanol–water partition coefficient (Wildman–Crippen LogP) is 4.66. The van der Waals surface area contributed by atoms with E-state index in [2.05, 4.69) is 36.4 Å². The molecule has 0 bridgehead atoms. The van der Waals surface area contributed by atoms with Gasteiger partial charge in [0.25, 0.3) is 0 Å². The van der Waals surface area contributed by atoms with E-state index in [9.17, 15) is 0 Å². The molecule has 2 heteroatoms. The highest BCUT2D eigenvalue weighted by atomic mass is 16.5. The summed E-state index contributed by atoms with van der Waals surface area (Å²) in [5.74, 6) is 1.27. The van der Waals surface area contributed by atoms with Gasteiger partial charge < -0.3 is 9.47 Å². The summed E-state index contributed by atoms with van der Waals surface area (Å²) in [6, 6.07) is 13.5. The molecular formula is C21H26O2. The van der Waals surface area contributed by atoms with Crippen LogP contribution in [0.1, 0.15) is 42.7 Å². The second-order valence-electron chi connectivity index (χ2n) is 7.30. The van der Waals surface area contributed by atoms with Crippen molar-refractivity contribution < 1.29 is 9.47 Å². The van der Waals surface area contributed by atoms with Gasteiger partial charge in [-0.3, -0.25) is 0 Å². The van der Waals surface area contributed by atoms with Crippen LogP contribution in [0.3, 0.4) is 0 Å². The predicted molar refractivity (Wildman–Crippen MR) is 94.1 cm³/mol. The fourth-order valence-corrected chi connectivity index (χ4v) is 5.40. The second kappa shape index (κ2) is 5.92. The molecule has 0 heterocycles. The number of ether oxygens (including phenoxy) is 2. The average Bonchev–Trinajstić information content (AvgIpc) is 3.16. The minimum atomic E-state index is -0.0400. The highest BCUT2D eigenvalue weighted by Gasteiger charge is 2.51. The number of methoxy groups -OCH3 is 2. The monoisotopic (exact) mass is 310 g/mol. The Morgan fingerprint density at radius 1 is 0.957 bits per heavy atom. The Morgan fingerprint density at radius 3 is 2.26 bits per heavy atom. The van der Waals surface area contributed by atoms with Crippen molar-refractivity contribution in [3.8, 4) is 0 Å². The maximum atomic E-state index is 5.75. The average molecular weight is 310 g/mol. The van der Waals surface area contributed by atoms with Crippen LogP contribution in [0.25, 0.3) is 10.8 Å². The van der Waals surface area contributed by atoms with Crippen LogP contribution >= 0.6 is 0 Å². The molecule has 0 amide bonds. The van der Waals surface area contributed by atoms with Gasteiger partial charge in [-0.15, -0.1) is 0 Å². The molecule has 2 aromatic carbocycles. The summed E-state index contributed by atoms with van der Waals surface area (Å²) in [6.07, 6.45) is 5.40. The van der Waals surface area contributed by atoms with Gasteiger partial charge in [0.15, 0.2) is 0 Å². The Balaban J connectivity index is 1.96. The molecule has 0 saturated heterocycles. The van der Waals surface area contributed by atoms with Crippen LogP contribution in [0.15, 0.2) is 36.4 Å². The topological polar surface area (TPSA) is 18.5 Å². The van der Waals surface area contributed by atoms with E-state index in [0.717, 1.165) is 19.1 Å². The summed E-state index contributed by atoms with van der Waals surface area (Å²) < 4.78 is 11.5. The minimum Gasteiger partial charge on any atom is -0.384 e. The van der Waals surface area contributed by atoms with Crippen molar-refractivity contribution in [3.05, 3.63) is 47.5 Å². The summed E-state index contributed by atoms with van der Waals surface area (Å²) in [5.41, 5.74) is 2.92. The lowest BCUT2D eigenvalue weighted by atomic mass is 9.68. The van der Waals surface area contributed by atoms with E-state index in [1.165, 1.54) is 47.6 Å². The maximum Gasteiger partial charge on any atom is 0.0587 e. The third kappa shape index (κ3) is 2.15. The van der Waals surface area contributed by atoms with Gasteiger partial charge in [-0.05, 0) is 40.7 Å². The standard InChI is InChI=1S/C21H26O2/c1-22-13-21(14-23-2)18-12-6-10-15-9-5-11-17(19(15)18)20(21)16-7-3-4-8-16/h5-6,9-12,16,20H,3-4,7-8,13-14H2,1-2H3. The Morgan fingerprint density at radius 2 is 1.61 bits per heavy atom. The lowest BCUT2D eigenvalue weighted by Crippen LogP contribution is -2.42. The zero-order chi connectivity index (χ0) is 15.9. The van der Waals surface area contributed by atoms with Crippen LogP contribution in [0.2, 0.25) is 0 Å². The summed E-state index contributed by atoms with van der Waals surface area (Å²) in [5, 5.41) is 2.82. The van der Waals surface area contributed by atoms with Crippen LogP contribution in [0, 0.1) is 5.92 Å². The Labute approximate surface area is 138 Å². The van der Waals surface area contributed by atoms with Crippen molar-refractivity contribution in [2.45, 2.75) is 37.0 Å². The minimum absolute atomic E-state index is 0.0400. The molecule has 1 atom stereocenters. The molecule has 1 saturated carbocycles. The van der Waals surface area contributed by atoms with Crippen LogP contribution in [-0.2, 0) is 14.9 Å². The van der Waals surface area contributed by atoms with E-state index in [0.29, 0.717) is 5.92 Å². The number of rotatable bonds is 5. The second-order valence-corrected chi connectivity index (χ2v) is 7.30. The molecule has 2 aliphatic rings.